The van der Waals surface area contributed by atoms with Gasteiger partial charge in [-0.2, -0.15) is 10.2 Å². The minimum Gasteiger partial charge on any atom is -0.474 e. The molecule has 4 aromatic rings. The lowest BCUT2D eigenvalue weighted by molar-refractivity contribution is 0.1000. The Balaban J connectivity index is 1.18. The van der Waals surface area contributed by atoms with Crippen molar-refractivity contribution in [2.24, 2.45) is 17.6 Å². The molecule has 0 radical (unpaired) electrons. The molecule has 2 aliphatic rings. The summed E-state index contributed by atoms with van der Waals surface area (Å²) >= 11 is 0. The number of aromatic nitrogens is 4. The zero-order valence-corrected chi connectivity index (χ0v) is 23.1. The van der Waals surface area contributed by atoms with Crippen LogP contribution in [0.15, 0.2) is 48.9 Å². The highest BCUT2D eigenvalue weighted by atomic mass is 32.2. The summed E-state index contributed by atoms with van der Waals surface area (Å²) in [5, 5.41) is 15.2. The number of H-pyrrole nitrogens is 1. The summed E-state index contributed by atoms with van der Waals surface area (Å²) in [6.45, 7) is 1.47. The Morgan fingerprint density at radius 3 is 2.60 bits per heavy atom. The topological polar surface area (TPSA) is 153 Å². The van der Waals surface area contributed by atoms with Crippen molar-refractivity contribution in [1.82, 2.24) is 25.5 Å². The van der Waals surface area contributed by atoms with Gasteiger partial charge in [-0.05, 0) is 81.3 Å². The minimum absolute atomic E-state index is 0.0537. The third-order valence-corrected chi connectivity index (χ3v) is 10.5. The molecular formula is C29H34N6O4S. The molecule has 3 aromatic heterocycles. The quantitative estimate of drug-likeness (QED) is 0.294. The van der Waals surface area contributed by atoms with Crippen molar-refractivity contribution >= 4 is 37.6 Å². The number of nitrogens with zero attached hydrogens (tertiary/aromatic N) is 3. The highest BCUT2D eigenvalue weighted by Gasteiger charge is 2.39. The van der Waals surface area contributed by atoms with E-state index in [1.165, 1.54) is 0 Å². The maximum atomic E-state index is 13.9. The van der Waals surface area contributed by atoms with Crippen LogP contribution in [0.4, 0.5) is 0 Å². The van der Waals surface area contributed by atoms with E-state index in [0.29, 0.717) is 17.9 Å². The van der Waals surface area contributed by atoms with Crippen LogP contribution in [-0.4, -0.2) is 58.8 Å². The molecule has 1 saturated heterocycles. The molecule has 1 aliphatic carbocycles. The number of amides is 1. The van der Waals surface area contributed by atoms with E-state index < -0.39 is 21.2 Å². The van der Waals surface area contributed by atoms with Gasteiger partial charge in [0, 0.05) is 52.5 Å². The second-order valence-electron chi connectivity index (χ2n) is 11.1. The van der Waals surface area contributed by atoms with Gasteiger partial charge >= 0.3 is 0 Å². The summed E-state index contributed by atoms with van der Waals surface area (Å²) in [5.74, 6) is 0.105. The normalized spacial score (nSPS) is 22.8. The Kier molecular flexibility index (Phi) is 7.41. The molecule has 1 saturated carbocycles. The van der Waals surface area contributed by atoms with Crippen LogP contribution < -0.4 is 15.8 Å². The zero-order chi connectivity index (χ0) is 27.7. The number of nitrogens with two attached hydrogens (primary N) is 1. The molecule has 11 heteroatoms. The standard InChI is InChI=1S/C29H34N6O4S/c30-27(36)20-7-9-23(10-8-20)39-29(21-2-1-12-31-14-21)40(37,38)17-18-3-5-19(6-4-18)26-25-22(16-34-35-26)15-33-28-24(25)11-13-32-28/h7-11,13,15-16,18-19,21,29,31H,1-6,12,14,17H2,(H2,30,36)(H,32,33). The molecule has 210 valence electrons. The fraction of sp³-hybridized carbons (Fsp3) is 0.448. The van der Waals surface area contributed by atoms with Crippen LogP contribution in [0.1, 0.15) is 60.5 Å². The first kappa shape index (κ1) is 26.6. The molecule has 40 heavy (non-hydrogen) atoms. The number of piperidine rings is 1. The van der Waals surface area contributed by atoms with Gasteiger partial charge in [0.05, 0.1) is 17.6 Å². The van der Waals surface area contributed by atoms with Crippen molar-refractivity contribution in [2.45, 2.75) is 49.9 Å². The van der Waals surface area contributed by atoms with Crippen LogP contribution >= 0.6 is 0 Å². The fourth-order valence-corrected chi connectivity index (χ4v) is 8.58. The highest BCUT2D eigenvalue weighted by molar-refractivity contribution is 7.91. The Morgan fingerprint density at radius 2 is 1.88 bits per heavy atom. The van der Waals surface area contributed by atoms with Gasteiger partial charge in [-0.3, -0.25) is 4.79 Å². The maximum absolute atomic E-state index is 13.9. The van der Waals surface area contributed by atoms with E-state index in [1.807, 2.05) is 18.5 Å². The number of nitrogens with one attached hydrogen (secondary N) is 2. The molecule has 1 aliphatic heterocycles. The van der Waals surface area contributed by atoms with Crippen molar-refractivity contribution in [3.8, 4) is 5.75 Å². The van der Waals surface area contributed by atoms with Crippen molar-refractivity contribution in [3.05, 3.63) is 60.2 Å². The molecular weight excluding hydrogens is 528 g/mol. The van der Waals surface area contributed by atoms with E-state index in [2.05, 4.69) is 25.5 Å². The number of hydrogen-bond acceptors (Lipinski definition) is 8. The van der Waals surface area contributed by atoms with Crippen LogP contribution in [0.3, 0.4) is 0 Å². The summed E-state index contributed by atoms with van der Waals surface area (Å²) in [7, 11) is -3.58. The van der Waals surface area contributed by atoms with Crippen molar-refractivity contribution in [1.29, 1.82) is 0 Å². The number of hydrogen-bond donors (Lipinski definition) is 3. The average Bonchev–Trinajstić information content (AvgIpc) is 3.46. The van der Waals surface area contributed by atoms with Gasteiger partial charge < -0.3 is 20.8 Å². The molecule has 2 atom stereocenters. The van der Waals surface area contributed by atoms with Crippen molar-refractivity contribution in [2.75, 3.05) is 18.8 Å². The zero-order valence-electron chi connectivity index (χ0n) is 22.3. The largest absolute Gasteiger partial charge is 0.474 e. The van der Waals surface area contributed by atoms with Gasteiger partial charge in [-0.15, -0.1) is 0 Å². The highest BCUT2D eigenvalue weighted by Crippen LogP contribution is 2.40. The lowest BCUT2D eigenvalue weighted by Crippen LogP contribution is -2.45. The first-order chi connectivity index (χ1) is 19.4. The molecule has 2 fully saturated rings. The van der Waals surface area contributed by atoms with E-state index >= 15 is 0 Å². The van der Waals surface area contributed by atoms with Crippen LogP contribution in [0.25, 0.3) is 21.8 Å². The van der Waals surface area contributed by atoms with Crippen LogP contribution in [0.2, 0.25) is 0 Å². The second kappa shape index (κ2) is 11.1. The van der Waals surface area contributed by atoms with E-state index in [0.717, 1.165) is 72.6 Å². The molecule has 0 spiro atoms. The number of sulfone groups is 1. The fourth-order valence-electron chi connectivity index (χ4n) is 6.33. The van der Waals surface area contributed by atoms with Gasteiger partial charge in [0.2, 0.25) is 11.3 Å². The third-order valence-electron chi connectivity index (χ3n) is 8.40. The number of pyridine rings is 1. The van der Waals surface area contributed by atoms with Crippen LogP contribution in [-0.2, 0) is 9.84 Å². The van der Waals surface area contributed by atoms with Gasteiger partial charge in [-0.25, -0.2) is 13.4 Å². The SMILES string of the molecule is NC(=O)c1ccc(OC(C2CCCNC2)S(=O)(=O)CC2CCC(c3nncc4cnc5[nH]ccc5c34)CC2)cc1. The summed E-state index contributed by atoms with van der Waals surface area (Å²) in [6, 6.07) is 8.39. The van der Waals surface area contributed by atoms with Crippen molar-refractivity contribution in [3.63, 3.8) is 0 Å². The molecule has 2 unspecified atom stereocenters. The Labute approximate surface area is 233 Å². The third kappa shape index (κ3) is 5.40. The molecule has 1 amide bonds. The second-order valence-corrected chi connectivity index (χ2v) is 13.2. The monoisotopic (exact) mass is 562 g/mol. The van der Waals surface area contributed by atoms with Crippen LogP contribution in [0.5, 0.6) is 5.75 Å². The van der Waals surface area contributed by atoms with Crippen molar-refractivity contribution < 1.29 is 17.9 Å². The molecule has 10 nitrogen and oxygen atoms in total. The summed E-state index contributed by atoms with van der Waals surface area (Å²) in [4.78, 5) is 19.1. The lowest BCUT2D eigenvalue weighted by Gasteiger charge is -2.33. The Morgan fingerprint density at radius 1 is 1.07 bits per heavy atom. The molecule has 0 bridgehead atoms. The molecule has 4 N–H and O–H groups in total. The van der Waals surface area contributed by atoms with Crippen LogP contribution in [0, 0.1) is 11.8 Å². The van der Waals surface area contributed by atoms with E-state index in [9.17, 15) is 13.2 Å². The number of aromatic amines is 1. The Hall–Kier alpha value is -3.57. The van der Waals surface area contributed by atoms with E-state index in [-0.39, 0.29) is 23.5 Å². The Bertz CT molecular complexity index is 1610. The molecule has 1 aromatic carbocycles. The van der Waals surface area contributed by atoms with Gasteiger partial charge in [-0.1, -0.05) is 0 Å². The number of benzene rings is 1. The first-order valence-electron chi connectivity index (χ1n) is 14.0. The number of carbonyl (C=O) groups excluding carboxylic acids is 1. The molecule has 6 rings (SSSR count). The van der Waals surface area contributed by atoms with E-state index in [1.54, 1.807) is 30.5 Å². The summed E-state index contributed by atoms with van der Waals surface area (Å²) < 4.78 is 33.9. The number of carbonyl (C=O) groups is 1. The smallest absolute Gasteiger partial charge is 0.248 e. The van der Waals surface area contributed by atoms with E-state index in [4.69, 9.17) is 10.5 Å². The van der Waals surface area contributed by atoms with Gasteiger partial charge in [0.25, 0.3) is 0 Å². The first-order valence-corrected chi connectivity index (χ1v) is 15.7. The predicted molar refractivity (Wildman–Crippen MR) is 153 cm³/mol. The minimum atomic E-state index is -3.58. The predicted octanol–water partition coefficient (Wildman–Crippen LogP) is 3.70. The average molecular weight is 563 g/mol. The number of primary amides is 1. The summed E-state index contributed by atoms with van der Waals surface area (Å²) in [6.07, 6.45) is 10.5. The number of fused-ring (bicyclic) bond motifs is 3. The molecule has 4 heterocycles. The van der Waals surface area contributed by atoms with Gasteiger partial charge in [0.1, 0.15) is 11.4 Å². The number of rotatable bonds is 8. The number of ether oxygens (including phenoxy) is 1. The van der Waals surface area contributed by atoms with Gasteiger partial charge in [0.15, 0.2) is 9.84 Å². The lowest BCUT2D eigenvalue weighted by atomic mass is 9.80. The maximum Gasteiger partial charge on any atom is 0.248 e. The summed E-state index contributed by atoms with van der Waals surface area (Å²) in [5.41, 5.74) is 6.56.